The summed E-state index contributed by atoms with van der Waals surface area (Å²) in [7, 11) is 1.56. The summed E-state index contributed by atoms with van der Waals surface area (Å²) in [6, 6.07) is 6.35. The van der Waals surface area contributed by atoms with Crippen molar-refractivity contribution in [3.63, 3.8) is 0 Å². The van der Waals surface area contributed by atoms with Crippen molar-refractivity contribution in [1.82, 2.24) is 15.2 Å². The zero-order valence-corrected chi connectivity index (χ0v) is 14.0. The summed E-state index contributed by atoms with van der Waals surface area (Å²) in [5.41, 5.74) is 0.829. The Morgan fingerprint density at radius 2 is 2.12 bits per heavy atom. The largest absolute Gasteiger partial charge is 0.497 e. The van der Waals surface area contributed by atoms with E-state index in [1.807, 2.05) is 0 Å². The molecule has 2 N–H and O–H groups in total. The number of hydrogen-bond acceptors (Lipinski definition) is 6. The van der Waals surface area contributed by atoms with Crippen LogP contribution in [-0.4, -0.2) is 41.4 Å². The summed E-state index contributed by atoms with van der Waals surface area (Å²) < 4.78 is 5.07. The minimum absolute atomic E-state index is 0.109. The van der Waals surface area contributed by atoms with Gasteiger partial charge in [0, 0.05) is 11.6 Å². The third kappa shape index (κ3) is 3.83. The minimum atomic E-state index is -0.640. The number of hydrogen-bond donors (Lipinski definition) is 2. The molecule has 1 fully saturated rings. The molecule has 8 nitrogen and oxygen atoms in total. The number of benzene rings is 1. The van der Waals surface area contributed by atoms with Crippen LogP contribution in [0.2, 0.25) is 0 Å². The fraction of sp³-hybridized carbons (Fsp3) is 0.125. The van der Waals surface area contributed by atoms with Gasteiger partial charge in [0.05, 0.1) is 7.11 Å². The highest BCUT2D eigenvalue weighted by molar-refractivity contribution is 7.13. The van der Waals surface area contributed by atoms with Crippen LogP contribution in [0, 0.1) is 0 Å². The normalized spacial score (nSPS) is 15.4. The van der Waals surface area contributed by atoms with Gasteiger partial charge < -0.3 is 15.4 Å². The number of imide groups is 1. The van der Waals surface area contributed by atoms with Crippen LogP contribution in [-0.2, 0) is 9.59 Å². The Morgan fingerprint density at radius 1 is 1.36 bits per heavy atom. The molecule has 25 heavy (non-hydrogen) atoms. The molecule has 128 valence electrons. The molecule has 0 atom stereocenters. The van der Waals surface area contributed by atoms with Gasteiger partial charge in [0.25, 0.3) is 5.91 Å². The molecule has 0 aliphatic carbocycles. The van der Waals surface area contributed by atoms with Gasteiger partial charge in [0.1, 0.15) is 18.0 Å². The molecule has 0 spiro atoms. The van der Waals surface area contributed by atoms with Gasteiger partial charge in [-0.1, -0.05) is 12.1 Å². The van der Waals surface area contributed by atoms with Crippen molar-refractivity contribution >= 4 is 40.4 Å². The van der Waals surface area contributed by atoms with E-state index in [0.29, 0.717) is 10.9 Å². The average Bonchev–Trinajstić information content (AvgIpc) is 3.20. The smallest absolute Gasteiger partial charge is 0.329 e. The first-order valence-electron chi connectivity index (χ1n) is 7.25. The highest BCUT2D eigenvalue weighted by atomic mass is 32.1. The molecule has 4 amide bonds. The molecule has 2 aromatic rings. The van der Waals surface area contributed by atoms with Crippen LogP contribution in [0.5, 0.6) is 5.75 Å². The van der Waals surface area contributed by atoms with Gasteiger partial charge >= 0.3 is 6.03 Å². The number of methoxy groups -OCH3 is 1. The lowest BCUT2D eigenvalue weighted by Crippen LogP contribution is -2.38. The first kappa shape index (κ1) is 16.7. The Balaban J connectivity index is 1.68. The van der Waals surface area contributed by atoms with E-state index in [0.717, 1.165) is 10.5 Å². The lowest BCUT2D eigenvalue weighted by atomic mass is 10.2. The fourth-order valence-corrected chi connectivity index (χ4v) is 2.71. The summed E-state index contributed by atoms with van der Waals surface area (Å²) in [5, 5.41) is 7.11. The maximum Gasteiger partial charge on any atom is 0.329 e. The third-order valence-corrected chi connectivity index (χ3v) is 4.06. The van der Waals surface area contributed by atoms with E-state index in [2.05, 4.69) is 15.6 Å². The number of nitrogens with one attached hydrogen (secondary N) is 2. The molecule has 0 saturated carbocycles. The summed E-state index contributed by atoms with van der Waals surface area (Å²) >= 11 is 1.25. The van der Waals surface area contributed by atoms with Gasteiger partial charge in [-0.25, -0.2) is 14.7 Å². The highest BCUT2D eigenvalue weighted by Crippen LogP contribution is 2.17. The minimum Gasteiger partial charge on any atom is -0.497 e. The molecule has 2 heterocycles. The fourth-order valence-electron chi connectivity index (χ4n) is 2.17. The van der Waals surface area contributed by atoms with Gasteiger partial charge in [-0.05, 0) is 23.8 Å². The molecule has 0 bridgehead atoms. The van der Waals surface area contributed by atoms with Crippen molar-refractivity contribution < 1.29 is 19.1 Å². The number of urea groups is 1. The maximum absolute atomic E-state index is 12.3. The zero-order chi connectivity index (χ0) is 17.8. The first-order valence-corrected chi connectivity index (χ1v) is 8.13. The van der Waals surface area contributed by atoms with Gasteiger partial charge in [-0.3, -0.25) is 9.59 Å². The van der Waals surface area contributed by atoms with E-state index in [-0.39, 0.29) is 12.2 Å². The van der Waals surface area contributed by atoms with Crippen molar-refractivity contribution in [2.24, 2.45) is 0 Å². The van der Waals surface area contributed by atoms with E-state index in [1.165, 1.54) is 11.3 Å². The number of thiazole rings is 1. The van der Waals surface area contributed by atoms with E-state index < -0.39 is 17.8 Å². The van der Waals surface area contributed by atoms with Crippen LogP contribution in [0.15, 0.2) is 41.5 Å². The molecule has 0 radical (unpaired) electrons. The number of carbonyl (C=O) groups excluding carboxylic acids is 3. The number of anilines is 1. The van der Waals surface area contributed by atoms with Crippen molar-refractivity contribution in [3.05, 3.63) is 47.1 Å². The van der Waals surface area contributed by atoms with Crippen LogP contribution < -0.4 is 15.4 Å². The lowest BCUT2D eigenvalue weighted by Gasteiger charge is -2.10. The Hall–Kier alpha value is -3.20. The van der Waals surface area contributed by atoms with Gasteiger partial charge in [-0.15, -0.1) is 11.3 Å². The number of nitrogens with zero attached hydrogens (tertiary/aromatic N) is 2. The summed E-state index contributed by atoms with van der Waals surface area (Å²) in [4.78, 5) is 41.0. The molecule has 0 unspecified atom stereocenters. The monoisotopic (exact) mass is 358 g/mol. The van der Waals surface area contributed by atoms with E-state index >= 15 is 0 Å². The molecule has 1 saturated heterocycles. The number of aromatic nitrogens is 1. The van der Waals surface area contributed by atoms with Crippen LogP contribution in [0.4, 0.5) is 9.93 Å². The Labute approximate surface area is 147 Å². The number of carbonyl (C=O) groups is 3. The zero-order valence-electron chi connectivity index (χ0n) is 13.2. The highest BCUT2D eigenvalue weighted by Gasteiger charge is 2.34. The predicted molar refractivity (Wildman–Crippen MR) is 92.0 cm³/mol. The molecule has 1 aliphatic rings. The molecular formula is C16H14N4O4S. The van der Waals surface area contributed by atoms with Crippen molar-refractivity contribution in [3.8, 4) is 5.75 Å². The molecule has 1 aromatic heterocycles. The standard InChI is InChI=1S/C16H14N4O4S/c1-24-11-4-2-10(3-5-11)8-12-14(22)20(16(23)18-12)9-13(21)19-15-17-6-7-25-15/h2-8H,9H2,1H3,(H,18,23)(H,17,19,21). The molecule has 9 heteroatoms. The topological polar surface area (TPSA) is 101 Å². The van der Waals surface area contributed by atoms with E-state index in [9.17, 15) is 14.4 Å². The second-order valence-electron chi connectivity index (χ2n) is 5.04. The Morgan fingerprint density at radius 3 is 2.76 bits per heavy atom. The predicted octanol–water partition coefficient (Wildman–Crippen LogP) is 1.68. The molecule has 3 rings (SSSR count). The van der Waals surface area contributed by atoms with Crippen LogP contribution in [0.3, 0.4) is 0 Å². The molecule has 1 aromatic carbocycles. The van der Waals surface area contributed by atoms with Crippen LogP contribution in [0.1, 0.15) is 5.56 Å². The quantitative estimate of drug-likeness (QED) is 0.626. The maximum atomic E-state index is 12.3. The van der Waals surface area contributed by atoms with Crippen molar-refractivity contribution in [2.75, 3.05) is 19.0 Å². The van der Waals surface area contributed by atoms with Gasteiger partial charge in [0.15, 0.2) is 5.13 Å². The SMILES string of the molecule is COc1ccc(C=C2NC(=O)N(CC(=O)Nc3nccs3)C2=O)cc1. The van der Waals surface area contributed by atoms with E-state index in [4.69, 9.17) is 4.74 Å². The third-order valence-electron chi connectivity index (χ3n) is 3.37. The van der Waals surface area contributed by atoms with Crippen molar-refractivity contribution in [1.29, 1.82) is 0 Å². The van der Waals surface area contributed by atoms with Crippen molar-refractivity contribution in [2.45, 2.75) is 0 Å². The molecule has 1 aliphatic heterocycles. The van der Waals surface area contributed by atoms with E-state index in [1.54, 1.807) is 49.0 Å². The lowest BCUT2D eigenvalue weighted by molar-refractivity contribution is -0.127. The number of rotatable bonds is 5. The summed E-state index contributed by atoms with van der Waals surface area (Å²) in [6.07, 6.45) is 3.09. The summed E-state index contributed by atoms with van der Waals surface area (Å²) in [6.45, 7) is -0.385. The Bertz CT molecular complexity index is 830. The van der Waals surface area contributed by atoms with Crippen LogP contribution in [0.25, 0.3) is 6.08 Å². The average molecular weight is 358 g/mol. The number of ether oxygens (including phenoxy) is 1. The number of amides is 4. The summed E-state index contributed by atoms with van der Waals surface area (Å²) in [5.74, 6) is -0.372. The first-order chi connectivity index (χ1) is 12.1. The molecular weight excluding hydrogens is 344 g/mol. The Kier molecular flexibility index (Phi) is 4.75. The van der Waals surface area contributed by atoms with Gasteiger partial charge in [0.2, 0.25) is 5.91 Å². The van der Waals surface area contributed by atoms with Crippen LogP contribution >= 0.6 is 11.3 Å². The second kappa shape index (κ2) is 7.14. The second-order valence-corrected chi connectivity index (χ2v) is 5.93. The van der Waals surface area contributed by atoms with Gasteiger partial charge in [-0.2, -0.15) is 0 Å².